The average Bonchev–Trinajstić information content (AvgIpc) is 3.26. The Bertz CT molecular complexity index is 1100. The van der Waals surface area contributed by atoms with Crippen LogP contribution >= 0.6 is 35.0 Å². The number of halogens is 2. The van der Waals surface area contributed by atoms with Crippen molar-refractivity contribution in [3.63, 3.8) is 0 Å². The minimum absolute atomic E-state index is 0.243. The molecule has 3 aromatic rings. The summed E-state index contributed by atoms with van der Waals surface area (Å²) in [6, 6.07) is 15.7. The molecule has 1 aromatic heterocycles. The van der Waals surface area contributed by atoms with Gasteiger partial charge in [0.05, 0.1) is 15.7 Å². The van der Waals surface area contributed by atoms with Crippen molar-refractivity contribution in [2.24, 2.45) is 0 Å². The Balaban J connectivity index is 1.42. The second kappa shape index (κ2) is 12.1. The molecule has 1 fully saturated rings. The van der Waals surface area contributed by atoms with Gasteiger partial charge in [0, 0.05) is 44.8 Å². The Hall–Kier alpha value is -2.06. The number of thioether (sulfide) groups is 1. The lowest BCUT2D eigenvalue weighted by Crippen LogP contribution is -2.48. The van der Waals surface area contributed by atoms with E-state index in [0.29, 0.717) is 22.9 Å². The van der Waals surface area contributed by atoms with Crippen LogP contribution < -0.4 is 0 Å². The summed E-state index contributed by atoms with van der Waals surface area (Å²) in [6.07, 6.45) is 1.99. The summed E-state index contributed by atoms with van der Waals surface area (Å²) in [5.74, 6) is 1.86. The van der Waals surface area contributed by atoms with Crippen LogP contribution in [0.15, 0.2) is 53.7 Å². The van der Waals surface area contributed by atoms with Crippen molar-refractivity contribution in [3.05, 3.63) is 70.0 Å². The summed E-state index contributed by atoms with van der Waals surface area (Å²) < 4.78 is 2.03. The molecule has 0 bridgehead atoms. The van der Waals surface area contributed by atoms with Gasteiger partial charge >= 0.3 is 0 Å². The molecule has 1 amide bonds. The van der Waals surface area contributed by atoms with Crippen LogP contribution in [0.3, 0.4) is 0 Å². The zero-order valence-electron chi connectivity index (χ0n) is 19.3. The topological polar surface area (TPSA) is 54.3 Å². The predicted molar refractivity (Wildman–Crippen MR) is 139 cm³/mol. The van der Waals surface area contributed by atoms with Gasteiger partial charge in [-0.3, -0.25) is 9.36 Å². The van der Waals surface area contributed by atoms with Gasteiger partial charge in [0.1, 0.15) is 5.82 Å². The van der Waals surface area contributed by atoms with Crippen LogP contribution in [0.4, 0.5) is 0 Å². The van der Waals surface area contributed by atoms with E-state index in [9.17, 15) is 4.79 Å². The van der Waals surface area contributed by atoms with Gasteiger partial charge in [-0.1, -0.05) is 72.2 Å². The van der Waals surface area contributed by atoms with Gasteiger partial charge in [0.25, 0.3) is 0 Å². The minimum atomic E-state index is 0.243. The number of piperazine rings is 1. The van der Waals surface area contributed by atoms with E-state index in [1.807, 2.05) is 39.8 Å². The fraction of sp³-hybridized carbons (Fsp3) is 0.400. The molecule has 6 nitrogen and oxygen atoms in total. The molecule has 1 saturated heterocycles. The number of rotatable bonds is 9. The lowest BCUT2D eigenvalue weighted by atomic mass is 10.1. The highest BCUT2D eigenvalue weighted by Crippen LogP contribution is 2.29. The third-order valence-electron chi connectivity index (χ3n) is 6.01. The van der Waals surface area contributed by atoms with E-state index in [2.05, 4.69) is 34.2 Å². The Labute approximate surface area is 215 Å². The van der Waals surface area contributed by atoms with Gasteiger partial charge in [0.15, 0.2) is 5.16 Å². The Morgan fingerprint density at radius 2 is 1.76 bits per heavy atom. The average molecular weight is 519 g/mol. The van der Waals surface area contributed by atoms with Crippen LogP contribution in [0.1, 0.15) is 31.2 Å². The largest absolute Gasteiger partial charge is 0.340 e. The number of amides is 1. The zero-order valence-corrected chi connectivity index (χ0v) is 21.6. The predicted octanol–water partition coefficient (Wildman–Crippen LogP) is 5.20. The lowest BCUT2D eigenvalue weighted by Gasteiger charge is -2.34. The minimum Gasteiger partial charge on any atom is -0.340 e. The molecule has 0 radical (unpaired) electrons. The normalized spacial score (nSPS) is 14.5. The molecule has 0 saturated carbocycles. The molecule has 9 heteroatoms. The molecule has 0 aliphatic carbocycles. The Morgan fingerprint density at radius 3 is 2.47 bits per heavy atom. The first-order valence-corrected chi connectivity index (χ1v) is 13.4. The molecule has 1 aliphatic rings. The number of likely N-dealkylation sites (N-methyl/N-ethyl adjacent to an activating group) is 1. The van der Waals surface area contributed by atoms with Gasteiger partial charge in [-0.05, 0) is 36.7 Å². The quantitative estimate of drug-likeness (QED) is 0.288. The molecular formula is C25H29Cl2N5OS. The molecule has 0 atom stereocenters. The molecule has 0 spiro atoms. The third-order valence-corrected chi connectivity index (χ3v) is 7.76. The fourth-order valence-electron chi connectivity index (χ4n) is 4.03. The van der Waals surface area contributed by atoms with Crippen molar-refractivity contribution in [2.45, 2.75) is 31.3 Å². The maximum atomic E-state index is 12.6. The Morgan fingerprint density at radius 1 is 1.00 bits per heavy atom. The maximum Gasteiger partial charge on any atom is 0.222 e. The molecule has 2 heterocycles. The molecule has 0 unspecified atom stereocenters. The first-order chi connectivity index (χ1) is 16.5. The number of carbonyl (C=O) groups is 1. The molecule has 1 aliphatic heterocycles. The van der Waals surface area contributed by atoms with Crippen molar-refractivity contribution in [2.75, 3.05) is 38.5 Å². The summed E-state index contributed by atoms with van der Waals surface area (Å²) in [7, 11) is 0. The van der Waals surface area contributed by atoms with E-state index >= 15 is 0 Å². The summed E-state index contributed by atoms with van der Waals surface area (Å²) >= 11 is 14.1. The van der Waals surface area contributed by atoms with Crippen molar-refractivity contribution in [3.8, 4) is 5.69 Å². The molecule has 0 N–H and O–H groups in total. The van der Waals surface area contributed by atoms with Crippen LogP contribution in [0.25, 0.3) is 5.69 Å². The molecule has 2 aromatic carbocycles. The van der Waals surface area contributed by atoms with Gasteiger partial charge in [-0.2, -0.15) is 0 Å². The van der Waals surface area contributed by atoms with Crippen LogP contribution in [0, 0.1) is 0 Å². The SMILES string of the molecule is CCN1CCN(C(=O)CCCSc2nnc(Cc3ccccc3)n2-c2ccc(Cl)c(Cl)c2)CC1. The molecule has 4 rings (SSSR count). The van der Waals surface area contributed by atoms with Crippen molar-refractivity contribution in [1.82, 2.24) is 24.6 Å². The highest BCUT2D eigenvalue weighted by molar-refractivity contribution is 7.99. The monoisotopic (exact) mass is 517 g/mol. The van der Waals surface area contributed by atoms with Crippen molar-refractivity contribution >= 4 is 40.9 Å². The second-order valence-electron chi connectivity index (χ2n) is 8.26. The third kappa shape index (κ3) is 6.33. The molecular weight excluding hydrogens is 489 g/mol. The standard InChI is InChI=1S/C25H29Cl2N5OS/c1-2-30-12-14-31(15-13-30)24(33)9-6-16-34-25-29-28-23(17-19-7-4-3-5-8-19)32(25)20-10-11-21(26)22(27)18-20/h3-5,7-8,10-11,18H,2,6,9,12-17H2,1H3. The fourth-order valence-corrected chi connectivity index (χ4v) is 5.23. The van der Waals surface area contributed by atoms with Gasteiger partial charge in [-0.15, -0.1) is 10.2 Å². The number of hydrogen-bond donors (Lipinski definition) is 0. The maximum absolute atomic E-state index is 12.6. The number of aromatic nitrogens is 3. The molecule has 180 valence electrons. The van der Waals surface area contributed by atoms with Crippen LogP contribution in [-0.4, -0.2) is 68.9 Å². The summed E-state index contributed by atoms with van der Waals surface area (Å²) in [6.45, 7) is 6.80. The van der Waals surface area contributed by atoms with Crippen LogP contribution in [-0.2, 0) is 11.2 Å². The smallest absolute Gasteiger partial charge is 0.222 e. The summed E-state index contributed by atoms with van der Waals surface area (Å²) in [5.41, 5.74) is 2.03. The van der Waals surface area contributed by atoms with Crippen molar-refractivity contribution in [1.29, 1.82) is 0 Å². The lowest BCUT2D eigenvalue weighted by molar-refractivity contribution is -0.132. The Kier molecular flexibility index (Phi) is 8.89. The highest BCUT2D eigenvalue weighted by Gasteiger charge is 2.20. The number of benzene rings is 2. The van der Waals surface area contributed by atoms with E-state index in [-0.39, 0.29) is 5.91 Å². The van der Waals surface area contributed by atoms with Gasteiger partial charge in [0.2, 0.25) is 5.91 Å². The first kappa shape index (κ1) is 25.0. The first-order valence-electron chi connectivity index (χ1n) is 11.6. The van der Waals surface area contributed by atoms with E-state index < -0.39 is 0 Å². The second-order valence-corrected chi connectivity index (χ2v) is 10.1. The number of nitrogens with zero attached hydrogens (tertiary/aromatic N) is 5. The zero-order chi connectivity index (χ0) is 23.9. The van der Waals surface area contributed by atoms with Gasteiger partial charge < -0.3 is 9.80 Å². The number of hydrogen-bond acceptors (Lipinski definition) is 5. The van der Waals surface area contributed by atoms with Crippen LogP contribution in [0.5, 0.6) is 0 Å². The summed E-state index contributed by atoms with van der Waals surface area (Å²) in [5, 5.41) is 10.7. The van der Waals surface area contributed by atoms with Crippen LogP contribution in [0.2, 0.25) is 10.0 Å². The van der Waals surface area contributed by atoms with E-state index in [1.54, 1.807) is 17.8 Å². The number of carbonyl (C=O) groups excluding carboxylic acids is 1. The van der Waals surface area contributed by atoms with Crippen molar-refractivity contribution < 1.29 is 4.79 Å². The van der Waals surface area contributed by atoms with E-state index in [1.165, 1.54) is 0 Å². The van der Waals surface area contributed by atoms with Gasteiger partial charge in [-0.25, -0.2) is 0 Å². The van der Waals surface area contributed by atoms with E-state index in [4.69, 9.17) is 23.2 Å². The van der Waals surface area contributed by atoms with E-state index in [0.717, 1.165) is 67.1 Å². The summed E-state index contributed by atoms with van der Waals surface area (Å²) in [4.78, 5) is 17.0. The highest BCUT2D eigenvalue weighted by atomic mass is 35.5. The molecule has 34 heavy (non-hydrogen) atoms.